The number of ketones is 2. The molecule has 0 radical (unpaired) electrons. The number of nitroso groups, excluding NO2 is 1. The van der Waals surface area contributed by atoms with E-state index in [-0.39, 0.29) is 19.2 Å². The molecule has 0 aromatic heterocycles. The topological polar surface area (TPSA) is 150 Å². The van der Waals surface area contributed by atoms with Gasteiger partial charge in [-0.15, -0.1) is 4.91 Å². The predicted molar refractivity (Wildman–Crippen MR) is 111 cm³/mol. The Hall–Kier alpha value is -4.22. The molecule has 2 aliphatic carbocycles. The van der Waals surface area contributed by atoms with Gasteiger partial charge in [-0.05, 0) is 41.0 Å². The van der Waals surface area contributed by atoms with E-state index in [4.69, 9.17) is 18.9 Å². The van der Waals surface area contributed by atoms with Crippen molar-refractivity contribution >= 4 is 23.6 Å². The molecule has 1 saturated heterocycles. The standard InChI is InChI=1S/C22H19N3O9/c1-25(24-30)22(29)23-19-11-6-15-14(33-8-34-15)5-10(11)17(18-12(19)7-32-21(18)28)9-3-13(26)20(27)16(4-9)31-2/h3-6,12,17-19H,7-8H2,1-2H3,(H,23,29)/t12-,17+,18-,19?/m0/s1. The van der Waals surface area contributed by atoms with Gasteiger partial charge in [0.05, 0.1) is 31.0 Å². The first kappa shape index (κ1) is 21.6. The quantitative estimate of drug-likeness (QED) is 0.226. The first-order valence-corrected chi connectivity index (χ1v) is 10.4. The van der Waals surface area contributed by atoms with Crippen LogP contribution in [0.4, 0.5) is 4.79 Å². The van der Waals surface area contributed by atoms with Crippen LogP contribution in [0.3, 0.4) is 0 Å². The van der Waals surface area contributed by atoms with Gasteiger partial charge in [-0.25, -0.2) is 4.79 Å². The molecule has 1 aromatic rings. The van der Waals surface area contributed by atoms with Crippen LogP contribution in [0, 0.1) is 16.7 Å². The number of amides is 2. The number of benzene rings is 1. The predicted octanol–water partition coefficient (Wildman–Crippen LogP) is 1.27. The average Bonchev–Trinajstić information content (AvgIpc) is 3.45. The molecule has 2 heterocycles. The molecule has 12 heteroatoms. The smallest absolute Gasteiger partial charge is 0.340 e. The molecule has 1 unspecified atom stereocenters. The van der Waals surface area contributed by atoms with Crippen LogP contribution in [0.2, 0.25) is 0 Å². The molecule has 0 spiro atoms. The van der Waals surface area contributed by atoms with Crippen LogP contribution in [0.15, 0.2) is 40.9 Å². The van der Waals surface area contributed by atoms with Gasteiger partial charge in [0.25, 0.3) is 5.78 Å². The second kappa shape index (κ2) is 7.97. The zero-order valence-electron chi connectivity index (χ0n) is 18.1. The molecule has 5 rings (SSSR count). The van der Waals surface area contributed by atoms with Gasteiger partial charge in [-0.1, -0.05) is 0 Å². The number of rotatable bonds is 4. The van der Waals surface area contributed by atoms with Crippen LogP contribution in [0.5, 0.6) is 11.5 Å². The van der Waals surface area contributed by atoms with Gasteiger partial charge >= 0.3 is 12.0 Å². The second-order valence-electron chi connectivity index (χ2n) is 8.21. The van der Waals surface area contributed by atoms with Gasteiger partial charge in [0.15, 0.2) is 17.3 Å². The third-order valence-corrected chi connectivity index (χ3v) is 6.50. The molecule has 2 aliphatic heterocycles. The van der Waals surface area contributed by atoms with Crippen molar-refractivity contribution in [2.24, 2.45) is 17.1 Å². The van der Waals surface area contributed by atoms with E-state index in [0.29, 0.717) is 33.2 Å². The Morgan fingerprint density at radius 1 is 1.12 bits per heavy atom. The zero-order valence-corrected chi connectivity index (χ0v) is 18.1. The number of urea groups is 1. The summed E-state index contributed by atoms with van der Waals surface area (Å²) in [6.07, 6.45) is 2.63. The number of hydrogen-bond donors (Lipinski definition) is 1. The van der Waals surface area contributed by atoms with Crippen molar-refractivity contribution in [3.05, 3.63) is 51.7 Å². The van der Waals surface area contributed by atoms with E-state index >= 15 is 0 Å². The van der Waals surface area contributed by atoms with E-state index in [0.717, 1.165) is 0 Å². The number of ether oxygens (including phenoxy) is 4. The number of allylic oxidation sites excluding steroid dienone is 4. The maximum atomic E-state index is 12.9. The van der Waals surface area contributed by atoms with Crippen molar-refractivity contribution in [2.45, 2.75) is 12.0 Å². The Morgan fingerprint density at radius 3 is 2.50 bits per heavy atom. The number of cyclic esters (lactones) is 1. The number of esters is 1. The number of nitrogens with zero attached hydrogens (tertiary/aromatic N) is 2. The van der Waals surface area contributed by atoms with Crippen LogP contribution in [0.1, 0.15) is 23.1 Å². The highest BCUT2D eigenvalue weighted by atomic mass is 16.7. The Labute approximate surface area is 192 Å². The number of carbonyl (C=O) groups excluding carboxylic acids is 4. The van der Waals surface area contributed by atoms with E-state index in [2.05, 4.69) is 10.6 Å². The van der Waals surface area contributed by atoms with Crippen LogP contribution >= 0.6 is 0 Å². The maximum Gasteiger partial charge on any atom is 0.340 e. The summed E-state index contributed by atoms with van der Waals surface area (Å²) in [6.45, 7) is -0.00586. The lowest BCUT2D eigenvalue weighted by Crippen LogP contribution is -2.45. The van der Waals surface area contributed by atoms with Gasteiger partial charge in [-0.3, -0.25) is 14.4 Å². The lowest BCUT2D eigenvalue weighted by atomic mass is 9.64. The lowest BCUT2D eigenvalue weighted by molar-refractivity contribution is -0.141. The molecule has 1 N–H and O–H groups in total. The van der Waals surface area contributed by atoms with Crippen LogP contribution in [-0.2, 0) is 23.9 Å². The summed E-state index contributed by atoms with van der Waals surface area (Å²) in [7, 11) is 2.48. The summed E-state index contributed by atoms with van der Waals surface area (Å²) in [5, 5.41) is 5.97. The van der Waals surface area contributed by atoms with Gasteiger partial charge in [0.1, 0.15) is 0 Å². The van der Waals surface area contributed by atoms with Gasteiger partial charge in [-0.2, -0.15) is 5.01 Å². The molecule has 12 nitrogen and oxygen atoms in total. The number of carbonyl (C=O) groups is 4. The fourth-order valence-electron chi connectivity index (χ4n) is 4.94. The summed E-state index contributed by atoms with van der Waals surface area (Å²) in [4.78, 5) is 60.8. The fraction of sp³-hybridized carbons (Fsp3) is 0.364. The minimum atomic E-state index is -0.797. The molecule has 1 fully saturated rings. The van der Waals surface area contributed by atoms with E-state index in [1.807, 2.05) is 0 Å². The molecular formula is C22H19N3O9. The number of hydrogen-bond acceptors (Lipinski definition) is 10. The van der Waals surface area contributed by atoms with E-state index in [9.17, 15) is 24.1 Å². The summed E-state index contributed by atoms with van der Waals surface area (Å²) in [5.74, 6) is -3.36. The Bertz CT molecular complexity index is 1200. The van der Waals surface area contributed by atoms with Crippen molar-refractivity contribution < 1.29 is 38.1 Å². The number of methoxy groups -OCH3 is 1. The molecule has 176 valence electrons. The molecule has 2 amide bonds. The number of nitrogens with one attached hydrogen (secondary N) is 1. The highest BCUT2D eigenvalue weighted by Crippen LogP contribution is 2.54. The molecular weight excluding hydrogens is 450 g/mol. The Balaban J connectivity index is 1.69. The van der Waals surface area contributed by atoms with E-state index in [1.54, 1.807) is 12.1 Å². The second-order valence-corrected chi connectivity index (χ2v) is 8.21. The van der Waals surface area contributed by atoms with Crippen molar-refractivity contribution in [2.75, 3.05) is 27.6 Å². The van der Waals surface area contributed by atoms with Crippen LogP contribution in [0.25, 0.3) is 0 Å². The molecule has 34 heavy (non-hydrogen) atoms. The van der Waals surface area contributed by atoms with Crippen molar-refractivity contribution in [1.82, 2.24) is 10.3 Å². The third kappa shape index (κ3) is 3.21. The van der Waals surface area contributed by atoms with Gasteiger partial charge in [0, 0.05) is 18.9 Å². The van der Waals surface area contributed by atoms with Crippen LogP contribution in [-0.4, -0.2) is 56.1 Å². The van der Waals surface area contributed by atoms with Crippen molar-refractivity contribution in [3.8, 4) is 11.5 Å². The molecule has 0 bridgehead atoms. The third-order valence-electron chi connectivity index (χ3n) is 6.50. The monoisotopic (exact) mass is 469 g/mol. The zero-order chi connectivity index (χ0) is 24.1. The molecule has 4 aliphatic rings. The first-order chi connectivity index (χ1) is 16.3. The average molecular weight is 469 g/mol. The molecule has 4 atom stereocenters. The van der Waals surface area contributed by atoms with Gasteiger partial charge < -0.3 is 24.3 Å². The summed E-state index contributed by atoms with van der Waals surface area (Å²) >= 11 is 0. The largest absolute Gasteiger partial charge is 0.492 e. The fourth-order valence-corrected chi connectivity index (χ4v) is 4.94. The summed E-state index contributed by atoms with van der Waals surface area (Å²) in [6, 6.07) is 1.88. The minimum Gasteiger partial charge on any atom is -0.492 e. The number of Topliss-reactive ketones (excluding diaryl/α,β-unsaturated/α-hetero) is 1. The van der Waals surface area contributed by atoms with Crippen molar-refractivity contribution in [1.29, 1.82) is 0 Å². The maximum absolute atomic E-state index is 12.9. The Kier molecular flexibility index (Phi) is 5.07. The van der Waals surface area contributed by atoms with E-state index in [1.165, 1.54) is 26.3 Å². The number of fused-ring (bicyclic) bond motifs is 3. The normalized spacial score (nSPS) is 26.6. The molecule has 1 aromatic carbocycles. The SMILES string of the molecule is COC1=CC([C@@H]2c3cc4c(cc3C(NC(=O)N(C)N=O)[C@H]3COC(=O)[C@H]23)OCO4)=CC(=O)C1=O. The van der Waals surface area contributed by atoms with Crippen LogP contribution < -0.4 is 14.8 Å². The lowest BCUT2D eigenvalue weighted by Gasteiger charge is -2.40. The minimum absolute atomic E-state index is 0.00192. The summed E-state index contributed by atoms with van der Waals surface area (Å²) in [5.41, 5.74) is 1.57. The molecule has 0 saturated carbocycles. The van der Waals surface area contributed by atoms with Gasteiger partial charge in [0.2, 0.25) is 12.6 Å². The highest BCUT2D eigenvalue weighted by Gasteiger charge is 2.53. The Morgan fingerprint density at radius 2 is 1.82 bits per heavy atom. The van der Waals surface area contributed by atoms with E-state index < -0.39 is 47.4 Å². The van der Waals surface area contributed by atoms with Crippen molar-refractivity contribution in [3.63, 3.8) is 0 Å². The first-order valence-electron chi connectivity index (χ1n) is 10.4. The summed E-state index contributed by atoms with van der Waals surface area (Å²) < 4.78 is 21.5. The highest BCUT2D eigenvalue weighted by molar-refractivity contribution is 6.47.